The zero-order valence-electron chi connectivity index (χ0n) is 9.35. The number of non-ortho nitro benzene ring substituents is 1. The number of carbonyl (C=O) groups is 1. The minimum atomic E-state index is -0.561. The molecule has 0 amide bonds. The van der Waals surface area contributed by atoms with Gasteiger partial charge in [-0.3, -0.25) is 14.9 Å². The number of rotatable bonds is 5. The van der Waals surface area contributed by atoms with E-state index in [1.54, 1.807) is 6.08 Å². The zero-order valence-corrected chi connectivity index (χ0v) is 9.35. The van der Waals surface area contributed by atoms with E-state index in [4.69, 9.17) is 0 Å². The lowest BCUT2D eigenvalue weighted by molar-refractivity contribution is -0.385. The van der Waals surface area contributed by atoms with Crippen molar-refractivity contribution in [2.45, 2.75) is 19.8 Å². The van der Waals surface area contributed by atoms with Crippen molar-refractivity contribution in [3.63, 3.8) is 0 Å². The molecule has 0 heterocycles. The maximum atomic E-state index is 13.3. The molecule has 0 radical (unpaired) electrons. The number of benzene rings is 1. The summed E-state index contributed by atoms with van der Waals surface area (Å²) in [6.45, 7) is 1.42. The van der Waals surface area contributed by atoms with Gasteiger partial charge in [0.15, 0.2) is 5.78 Å². The molecule has 0 unspecified atom stereocenters. The number of ketones is 1. The molecular weight excluding hydrogens is 225 g/mol. The Hall–Kier alpha value is -2.04. The molecule has 0 bridgehead atoms. The van der Waals surface area contributed by atoms with E-state index in [2.05, 4.69) is 0 Å². The van der Waals surface area contributed by atoms with E-state index in [1.165, 1.54) is 19.1 Å². The molecule has 4 nitrogen and oxygen atoms in total. The minimum Gasteiger partial charge on any atom is -0.295 e. The van der Waals surface area contributed by atoms with Crippen molar-refractivity contribution in [3.05, 3.63) is 51.8 Å². The van der Waals surface area contributed by atoms with Crippen molar-refractivity contribution >= 4 is 11.5 Å². The summed E-state index contributed by atoms with van der Waals surface area (Å²) < 4.78 is 13.3. The van der Waals surface area contributed by atoms with E-state index in [0.717, 1.165) is 12.1 Å². The topological polar surface area (TPSA) is 60.2 Å². The summed E-state index contributed by atoms with van der Waals surface area (Å²) in [7, 11) is 0. The van der Waals surface area contributed by atoms with Gasteiger partial charge in [-0.2, -0.15) is 0 Å². The predicted molar refractivity (Wildman–Crippen MR) is 61.2 cm³/mol. The summed E-state index contributed by atoms with van der Waals surface area (Å²) in [5, 5.41) is 10.5. The lowest BCUT2D eigenvalue weighted by atomic mass is 10.1. The van der Waals surface area contributed by atoms with Crippen molar-refractivity contribution in [3.8, 4) is 0 Å². The summed E-state index contributed by atoms with van der Waals surface area (Å²) in [5.74, 6) is -0.545. The van der Waals surface area contributed by atoms with Gasteiger partial charge in [0, 0.05) is 12.1 Å². The highest BCUT2D eigenvalue weighted by molar-refractivity contribution is 5.87. The van der Waals surface area contributed by atoms with Crippen molar-refractivity contribution in [2.75, 3.05) is 0 Å². The van der Waals surface area contributed by atoms with Crippen LogP contribution >= 0.6 is 0 Å². The van der Waals surface area contributed by atoms with Crippen LogP contribution in [0.2, 0.25) is 0 Å². The van der Waals surface area contributed by atoms with Crippen LogP contribution in [0.3, 0.4) is 0 Å². The van der Waals surface area contributed by atoms with Crippen LogP contribution in [0, 0.1) is 15.9 Å². The Bertz CT molecular complexity index is 469. The van der Waals surface area contributed by atoms with Crippen molar-refractivity contribution in [2.24, 2.45) is 0 Å². The van der Waals surface area contributed by atoms with Gasteiger partial charge in [0.2, 0.25) is 0 Å². The third-order valence-corrected chi connectivity index (χ3v) is 2.17. The number of hydrogen-bond acceptors (Lipinski definition) is 3. The third kappa shape index (κ3) is 4.14. The molecule has 17 heavy (non-hydrogen) atoms. The van der Waals surface area contributed by atoms with Gasteiger partial charge in [0.25, 0.3) is 5.69 Å². The fraction of sp³-hybridized carbons (Fsp3) is 0.250. The van der Waals surface area contributed by atoms with Crippen LogP contribution in [-0.4, -0.2) is 10.7 Å². The number of nitro benzene ring substituents is 1. The molecule has 0 saturated heterocycles. The first kappa shape index (κ1) is 13.0. The first-order valence-corrected chi connectivity index (χ1v) is 5.10. The van der Waals surface area contributed by atoms with Crippen molar-refractivity contribution < 1.29 is 14.1 Å². The van der Waals surface area contributed by atoms with Gasteiger partial charge >= 0.3 is 0 Å². The number of aryl methyl sites for hydroxylation is 1. The largest absolute Gasteiger partial charge is 0.295 e. The number of hydrogen-bond donors (Lipinski definition) is 0. The summed E-state index contributed by atoms with van der Waals surface area (Å²) in [5.41, 5.74) is 0.157. The van der Waals surface area contributed by atoms with E-state index in [9.17, 15) is 19.3 Å². The second-order valence-corrected chi connectivity index (χ2v) is 3.58. The van der Waals surface area contributed by atoms with Gasteiger partial charge < -0.3 is 0 Å². The smallest absolute Gasteiger partial charge is 0.269 e. The molecule has 1 rings (SSSR count). The highest BCUT2D eigenvalue weighted by atomic mass is 19.1. The molecule has 1 aromatic carbocycles. The van der Waals surface area contributed by atoms with Crippen LogP contribution < -0.4 is 0 Å². The molecule has 5 heteroatoms. The zero-order chi connectivity index (χ0) is 12.8. The second-order valence-electron chi connectivity index (χ2n) is 3.58. The molecule has 0 atom stereocenters. The van der Waals surface area contributed by atoms with E-state index < -0.39 is 10.7 Å². The number of allylic oxidation sites excluding steroid dienone is 2. The fourth-order valence-corrected chi connectivity index (χ4v) is 1.35. The van der Waals surface area contributed by atoms with Crippen molar-refractivity contribution in [1.82, 2.24) is 0 Å². The van der Waals surface area contributed by atoms with E-state index >= 15 is 0 Å². The first-order chi connectivity index (χ1) is 8.00. The maximum absolute atomic E-state index is 13.3. The van der Waals surface area contributed by atoms with Crippen LogP contribution in [0.25, 0.3) is 0 Å². The summed E-state index contributed by atoms with van der Waals surface area (Å²) in [6, 6.07) is 3.43. The fourth-order valence-electron chi connectivity index (χ4n) is 1.35. The Morgan fingerprint density at radius 1 is 1.53 bits per heavy atom. The van der Waals surface area contributed by atoms with Crippen molar-refractivity contribution in [1.29, 1.82) is 0 Å². The normalized spacial score (nSPS) is 10.7. The Kier molecular flexibility index (Phi) is 4.51. The molecule has 0 aliphatic carbocycles. The highest BCUT2D eigenvalue weighted by Gasteiger charge is 2.09. The Morgan fingerprint density at radius 3 is 2.82 bits per heavy atom. The predicted octanol–water partition coefficient (Wildman–Crippen LogP) is 2.81. The molecule has 0 N–H and O–H groups in total. The number of carbonyl (C=O) groups excluding carboxylic acids is 1. The molecule has 1 aromatic rings. The molecule has 0 saturated carbocycles. The summed E-state index contributed by atoms with van der Waals surface area (Å²) in [4.78, 5) is 20.6. The van der Waals surface area contributed by atoms with Gasteiger partial charge in [-0.1, -0.05) is 6.08 Å². The maximum Gasteiger partial charge on any atom is 0.269 e. The third-order valence-electron chi connectivity index (χ3n) is 2.17. The Labute approximate surface area is 97.9 Å². The monoisotopic (exact) mass is 237 g/mol. The van der Waals surface area contributed by atoms with E-state index in [1.807, 2.05) is 0 Å². The van der Waals surface area contributed by atoms with Crippen LogP contribution in [0.4, 0.5) is 10.1 Å². The van der Waals surface area contributed by atoms with Crippen LogP contribution in [-0.2, 0) is 11.2 Å². The van der Waals surface area contributed by atoms with Gasteiger partial charge in [-0.05, 0) is 37.5 Å². The van der Waals surface area contributed by atoms with Crippen LogP contribution in [0.15, 0.2) is 30.4 Å². The Balaban J connectivity index is 2.73. The molecule has 0 aromatic heterocycles. The number of halogens is 1. The molecule has 0 fully saturated rings. The molecular formula is C12H12FNO3. The van der Waals surface area contributed by atoms with Gasteiger partial charge in [-0.15, -0.1) is 0 Å². The van der Waals surface area contributed by atoms with Gasteiger partial charge in [0.05, 0.1) is 4.92 Å². The molecule has 0 aliphatic rings. The van der Waals surface area contributed by atoms with Gasteiger partial charge in [0.1, 0.15) is 5.82 Å². The first-order valence-electron chi connectivity index (χ1n) is 5.10. The van der Waals surface area contributed by atoms with E-state index in [-0.39, 0.29) is 17.0 Å². The summed E-state index contributed by atoms with van der Waals surface area (Å²) in [6.07, 6.45) is 3.82. The molecule has 90 valence electrons. The number of nitro groups is 1. The minimum absolute atomic E-state index is 0.0792. The average Bonchev–Trinajstić information content (AvgIpc) is 2.25. The van der Waals surface area contributed by atoms with Crippen LogP contribution in [0.5, 0.6) is 0 Å². The SMILES string of the molecule is CC(=O)/C=C/CCc1cc([N+](=O)[O-])ccc1F. The van der Waals surface area contributed by atoms with E-state index in [0.29, 0.717) is 12.8 Å². The number of nitrogens with zero attached hydrogens (tertiary/aromatic N) is 1. The lowest BCUT2D eigenvalue weighted by Gasteiger charge is -2.00. The highest BCUT2D eigenvalue weighted by Crippen LogP contribution is 2.18. The Morgan fingerprint density at radius 2 is 2.24 bits per heavy atom. The quantitative estimate of drug-likeness (QED) is 0.449. The lowest BCUT2D eigenvalue weighted by Crippen LogP contribution is -1.94. The van der Waals surface area contributed by atoms with Crippen LogP contribution in [0.1, 0.15) is 18.9 Å². The summed E-state index contributed by atoms with van der Waals surface area (Å²) >= 11 is 0. The standard InChI is InChI=1S/C12H12FNO3/c1-9(15)4-2-3-5-10-8-11(14(16)17)6-7-12(10)13/h2,4,6-8H,3,5H2,1H3/b4-2+. The molecule has 0 spiro atoms. The van der Waals surface area contributed by atoms with Gasteiger partial charge in [-0.25, -0.2) is 4.39 Å². The second kappa shape index (κ2) is 5.89. The average molecular weight is 237 g/mol. The molecule has 0 aliphatic heterocycles.